The van der Waals surface area contributed by atoms with Crippen LogP contribution in [-0.2, 0) is 0 Å². The second-order valence-corrected chi connectivity index (χ2v) is 5.21. The quantitative estimate of drug-likeness (QED) is 0.499. The van der Waals surface area contributed by atoms with Gasteiger partial charge in [-0.25, -0.2) is 0 Å². The maximum atomic E-state index is 11.0. The normalized spacial score (nSPS) is 10.0. The fourth-order valence-corrected chi connectivity index (χ4v) is 2.17. The van der Waals surface area contributed by atoms with E-state index in [2.05, 4.69) is 10.6 Å². The third-order valence-electron chi connectivity index (χ3n) is 2.68. The van der Waals surface area contributed by atoms with Gasteiger partial charge in [0.2, 0.25) is 0 Å². The standard InChI is InChI=1S/C14H12ClN3O2S/c1-9-5-6-12(13(7-9)18(19)20)17-14(21)16-11-4-2-3-10(15)8-11/h2-8H,1H3,(H2,16,17,21). The van der Waals surface area contributed by atoms with Gasteiger partial charge in [0.15, 0.2) is 5.11 Å². The van der Waals surface area contributed by atoms with Crippen molar-refractivity contribution in [1.29, 1.82) is 0 Å². The highest BCUT2D eigenvalue weighted by Gasteiger charge is 2.14. The Morgan fingerprint density at radius 2 is 2.00 bits per heavy atom. The molecule has 0 bridgehead atoms. The van der Waals surface area contributed by atoms with Crippen molar-refractivity contribution in [2.24, 2.45) is 0 Å². The van der Waals surface area contributed by atoms with Gasteiger partial charge in [0.25, 0.3) is 5.69 Å². The summed E-state index contributed by atoms with van der Waals surface area (Å²) in [6.45, 7) is 1.79. The number of hydrogen-bond acceptors (Lipinski definition) is 3. The monoisotopic (exact) mass is 321 g/mol. The van der Waals surface area contributed by atoms with Crippen LogP contribution in [0.2, 0.25) is 5.02 Å². The van der Waals surface area contributed by atoms with Crippen LogP contribution < -0.4 is 10.6 Å². The van der Waals surface area contributed by atoms with Crippen molar-refractivity contribution >= 4 is 46.0 Å². The van der Waals surface area contributed by atoms with Crippen LogP contribution in [-0.4, -0.2) is 10.0 Å². The molecule has 0 saturated carbocycles. The molecule has 0 aromatic heterocycles. The summed E-state index contributed by atoms with van der Waals surface area (Å²) in [5.41, 5.74) is 1.83. The lowest BCUT2D eigenvalue weighted by Gasteiger charge is -2.11. The van der Waals surface area contributed by atoms with Crippen LogP contribution in [0.1, 0.15) is 5.56 Å². The molecule has 2 rings (SSSR count). The van der Waals surface area contributed by atoms with Crippen molar-refractivity contribution in [2.45, 2.75) is 6.92 Å². The highest BCUT2D eigenvalue weighted by molar-refractivity contribution is 7.80. The topological polar surface area (TPSA) is 67.2 Å². The Hall–Kier alpha value is -2.18. The molecule has 0 heterocycles. The number of nitro groups is 1. The van der Waals surface area contributed by atoms with Crippen molar-refractivity contribution in [1.82, 2.24) is 0 Å². The van der Waals surface area contributed by atoms with Gasteiger partial charge >= 0.3 is 0 Å². The number of thiocarbonyl (C=S) groups is 1. The molecule has 0 radical (unpaired) electrons. The first-order chi connectivity index (χ1) is 9.95. The van der Waals surface area contributed by atoms with E-state index in [-0.39, 0.29) is 10.8 Å². The second kappa shape index (κ2) is 6.51. The summed E-state index contributed by atoms with van der Waals surface area (Å²) in [5, 5.41) is 17.6. The van der Waals surface area contributed by atoms with Crippen molar-refractivity contribution < 1.29 is 4.92 Å². The summed E-state index contributed by atoms with van der Waals surface area (Å²) < 4.78 is 0. The molecule has 0 fully saturated rings. The first-order valence-electron chi connectivity index (χ1n) is 6.04. The summed E-state index contributed by atoms with van der Waals surface area (Å²) in [6.07, 6.45) is 0. The number of anilines is 2. The molecule has 7 heteroatoms. The van der Waals surface area contributed by atoms with Crippen molar-refractivity contribution in [2.75, 3.05) is 10.6 Å². The molecule has 2 N–H and O–H groups in total. The van der Waals surface area contributed by atoms with Crippen LogP contribution in [0.3, 0.4) is 0 Å². The lowest BCUT2D eigenvalue weighted by atomic mass is 10.2. The van der Waals surface area contributed by atoms with E-state index in [4.69, 9.17) is 23.8 Å². The van der Waals surface area contributed by atoms with Gasteiger partial charge < -0.3 is 10.6 Å². The molecule has 0 saturated heterocycles. The van der Waals surface area contributed by atoms with Gasteiger partial charge in [-0.1, -0.05) is 23.7 Å². The van der Waals surface area contributed by atoms with Crippen LogP contribution in [0, 0.1) is 17.0 Å². The summed E-state index contributed by atoms with van der Waals surface area (Å²) in [7, 11) is 0. The van der Waals surface area contributed by atoms with Gasteiger partial charge in [-0.15, -0.1) is 0 Å². The van der Waals surface area contributed by atoms with Crippen LogP contribution in [0.4, 0.5) is 17.1 Å². The van der Waals surface area contributed by atoms with Crippen molar-refractivity contribution in [3.05, 3.63) is 63.2 Å². The van der Waals surface area contributed by atoms with Gasteiger partial charge in [0, 0.05) is 16.8 Å². The predicted octanol–water partition coefficient (Wildman–Crippen LogP) is 4.37. The zero-order chi connectivity index (χ0) is 15.4. The predicted molar refractivity (Wildman–Crippen MR) is 89.1 cm³/mol. The molecule has 21 heavy (non-hydrogen) atoms. The number of nitro benzene ring substituents is 1. The molecule has 0 amide bonds. The maximum absolute atomic E-state index is 11.0. The third-order valence-corrected chi connectivity index (χ3v) is 3.12. The summed E-state index contributed by atoms with van der Waals surface area (Å²) in [5.74, 6) is 0. The molecular weight excluding hydrogens is 310 g/mol. The van der Waals surface area contributed by atoms with Crippen LogP contribution in [0.5, 0.6) is 0 Å². The average Bonchev–Trinajstić information content (AvgIpc) is 2.40. The lowest BCUT2D eigenvalue weighted by Crippen LogP contribution is -2.19. The Morgan fingerprint density at radius 3 is 2.67 bits per heavy atom. The number of nitrogens with zero attached hydrogens (tertiary/aromatic N) is 1. The minimum Gasteiger partial charge on any atom is -0.332 e. The fourth-order valence-electron chi connectivity index (χ4n) is 1.75. The van der Waals surface area contributed by atoms with E-state index in [1.54, 1.807) is 43.3 Å². The van der Waals surface area contributed by atoms with Gasteiger partial charge in [-0.3, -0.25) is 10.1 Å². The van der Waals surface area contributed by atoms with E-state index < -0.39 is 4.92 Å². The van der Waals surface area contributed by atoms with Crippen molar-refractivity contribution in [3.63, 3.8) is 0 Å². The molecule has 0 unspecified atom stereocenters. The number of aryl methyl sites for hydroxylation is 1. The molecule has 108 valence electrons. The lowest BCUT2D eigenvalue weighted by molar-refractivity contribution is -0.383. The van der Waals surface area contributed by atoms with E-state index >= 15 is 0 Å². The number of rotatable bonds is 3. The maximum Gasteiger partial charge on any atom is 0.292 e. The third kappa shape index (κ3) is 4.14. The van der Waals surface area contributed by atoms with E-state index in [1.807, 2.05) is 0 Å². The van der Waals surface area contributed by atoms with E-state index in [0.717, 1.165) is 5.56 Å². The van der Waals surface area contributed by atoms with Gasteiger partial charge in [-0.05, 0) is 49.0 Å². The Balaban J connectivity index is 2.15. The largest absolute Gasteiger partial charge is 0.332 e. The Kier molecular flexibility index (Phi) is 4.72. The summed E-state index contributed by atoms with van der Waals surface area (Å²) >= 11 is 11.0. The molecule has 5 nitrogen and oxygen atoms in total. The summed E-state index contributed by atoms with van der Waals surface area (Å²) in [4.78, 5) is 10.6. The molecule has 0 aliphatic heterocycles. The highest BCUT2D eigenvalue weighted by Crippen LogP contribution is 2.25. The first kappa shape index (κ1) is 15.2. The first-order valence-corrected chi connectivity index (χ1v) is 6.83. The van der Waals surface area contributed by atoms with Crippen molar-refractivity contribution in [3.8, 4) is 0 Å². The smallest absolute Gasteiger partial charge is 0.292 e. The number of nitrogens with one attached hydrogen (secondary N) is 2. The highest BCUT2D eigenvalue weighted by atomic mass is 35.5. The zero-order valence-corrected chi connectivity index (χ0v) is 12.7. The van der Waals surface area contributed by atoms with E-state index in [0.29, 0.717) is 16.4 Å². The van der Waals surface area contributed by atoms with Crippen LogP contribution in [0.25, 0.3) is 0 Å². The van der Waals surface area contributed by atoms with Gasteiger partial charge in [-0.2, -0.15) is 0 Å². The molecule has 0 aliphatic rings. The SMILES string of the molecule is Cc1ccc(NC(=S)Nc2cccc(Cl)c2)c([N+](=O)[O-])c1. The Bertz CT molecular complexity index is 706. The molecule has 2 aromatic rings. The van der Waals surface area contributed by atoms with Crippen LogP contribution >= 0.6 is 23.8 Å². The second-order valence-electron chi connectivity index (χ2n) is 4.37. The molecule has 0 aliphatic carbocycles. The van der Waals surface area contributed by atoms with E-state index in [1.165, 1.54) is 6.07 Å². The molecule has 0 atom stereocenters. The number of halogens is 1. The fraction of sp³-hybridized carbons (Fsp3) is 0.0714. The molecule has 0 spiro atoms. The van der Waals surface area contributed by atoms with Crippen LogP contribution in [0.15, 0.2) is 42.5 Å². The van der Waals surface area contributed by atoms with E-state index in [9.17, 15) is 10.1 Å². The minimum absolute atomic E-state index is 0.0229. The zero-order valence-electron chi connectivity index (χ0n) is 11.1. The Labute approximate surface area is 132 Å². The Morgan fingerprint density at radius 1 is 1.24 bits per heavy atom. The summed E-state index contributed by atoms with van der Waals surface area (Å²) in [6, 6.07) is 11.9. The molecular formula is C14H12ClN3O2S. The minimum atomic E-state index is -0.447. The number of benzene rings is 2. The average molecular weight is 322 g/mol. The number of hydrogen-bond donors (Lipinski definition) is 2. The van der Waals surface area contributed by atoms with Gasteiger partial charge in [0.1, 0.15) is 5.69 Å². The molecule has 2 aromatic carbocycles. The van der Waals surface area contributed by atoms with Gasteiger partial charge in [0.05, 0.1) is 4.92 Å².